The molecule has 0 radical (unpaired) electrons. The van der Waals surface area contributed by atoms with E-state index in [-0.39, 0.29) is 5.54 Å². The van der Waals surface area contributed by atoms with Crippen molar-refractivity contribution in [2.24, 2.45) is 0 Å². The van der Waals surface area contributed by atoms with E-state index in [4.69, 9.17) is 0 Å². The molecule has 1 heterocycles. The zero-order valence-electron chi connectivity index (χ0n) is 11.6. The van der Waals surface area contributed by atoms with Crippen LogP contribution in [0.25, 0.3) is 0 Å². The molecule has 1 aromatic heterocycles. The van der Waals surface area contributed by atoms with Crippen molar-refractivity contribution in [3.63, 3.8) is 0 Å². The highest BCUT2D eigenvalue weighted by Gasteiger charge is 2.32. The average molecular weight is 285 g/mol. The van der Waals surface area contributed by atoms with Gasteiger partial charge < -0.3 is 10.3 Å². The summed E-state index contributed by atoms with van der Waals surface area (Å²) in [5, 5.41) is 2.99. The van der Waals surface area contributed by atoms with Crippen molar-refractivity contribution in [1.82, 2.24) is 15.0 Å². The third kappa shape index (κ3) is 3.58. The minimum Gasteiger partial charge on any atom is -0.363 e. The minimum atomic E-state index is -3.42. The summed E-state index contributed by atoms with van der Waals surface area (Å²) in [6, 6.07) is 1.69. The second-order valence-corrected chi connectivity index (χ2v) is 7.30. The van der Waals surface area contributed by atoms with Crippen LogP contribution in [0, 0.1) is 0 Å². The Balaban J connectivity index is 2.12. The zero-order chi connectivity index (χ0) is 13.9. The summed E-state index contributed by atoms with van der Waals surface area (Å²) < 4.78 is 27.6. The van der Waals surface area contributed by atoms with Gasteiger partial charge in [-0.15, -0.1) is 0 Å². The van der Waals surface area contributed by atoms with E-state index in [0.29, 0.717) is 11.4 Å². The first-order valence-electron chi connectivity index (χ1n) is 6.81. The molecule has 0 saturated heterocycles. The van der Waals surface area contributed by atoms with Gasteiger partial charge >= 0.3 is 0 Å². The van der Waals surface area contributed by atoms with Crippen molar-refractivity contribution in [1.29, 1.82) is 0 Å². The van der Waals surface area contributed by atoms with Crippen LogP contribution >= 0.6 is 0 Å². The Hall–Kier alpha value is -0.850. The Kier molecular flexibility index (Phi) is 4.32. The summed E-state index contributed by atoms with van der Waals surface area (Å²) in [5.74, 6) is 0. The Morgan fingerprint density at radius 1 is 1.32 bits per heavy atom. The highest BCUT2D eigenvalue weighted by molar-refractivity contribution is 7.89. The van der Waals surface area contributed by atoms with Gasteiger partial charge in [-0.05, 0) is 32.9 Å². The number of aromatic nitrogens is 1. The summed E-state index contributed by atoms with van der Waals surface area (Å²) in [4.78, 5) is 3.30. The second-order valence-electron chi connectivity index (χ2n) is 5.62. The van der Waals surface area contributed by atoms with Gasteiger partial charge in [0.25, 0.3) is 0 Å². The van der Waals surface area contributed by atoms with Crippen LogP contribution in [-0.2, 0) is 16.6 Å². The summed E-state index contributed by atoms with van der Waals surface area (Å²) in [6.45, 7) is 2.64. The molecule has 1 aliphatic rings. The monoisotopic (exact) mass is 285 g/mol. The van der Waals surface area contributed by atoms with Crippen LogP contribution in [0.5, 0.6) is 0 Å². The Morgan fingerprint density at radius 3 is 2.63 bits per heavy atom. The maximum Gasteiger partial charge on any atom is 0.242 e. The average Bonchev–Trinajstić information content (AvgIpc) is 2.78. The van der Waals surface area contributed by atoms with Crippen molar-refractivity contribution in [2.75, 3.05) is 7.05 Å². The van der Waals surface area contributed by atoms with Gasteiger partial charge in [-0.2, -0.15) is 0 Å². The molecule has 19 heavy (non-hydrogen) atoms. The standard InChI is InChI=1S/C13H23N3O2S/c1-13(6-4-3-5-7-13)16-19(17,18)12-8-11(9-14-2)15-10-12/h8,10,14-16H,3-7,9H2,1-2H3. The van der Waals surface area contributed by atoms with Crippen LogP contribution < -0.4 is 10.0 Å². The Labute approximate surface area is 115 Å². The fourth-order valence-corrected chi connectivity index (χ4v) is 4.17. The second kappa shape index (κ2) is 5.64. The number of H-pyrrole nitrogens is 1. The minimum absolute atomic E-state index is 0.294. The quantitative estimate of drug-likeness (QED) is 0.771. The largest absolute Gasteiger partial charge is 0.363 e. The van der Waals surface area contributed by atoms with Crippen LogP contribution in [-0.4, -0.2) is 26.0 Å². The van der Waals surface area contributed by atoms with Crippen LogP contribution in [0.3, 0.4) is 0 Å². The van der Waals surface area contributed by atoms with E-state index in [9.17, 15) is 8.42 Å². The van der Waals surface area contributed by atoms with Crippen molar-refractivity contribution in [3.05, 3.63) is 18.0 Å². The van der Waals surface area contributed by atoms with E-state index in [1.165, 1.54) is 6.42 Å². The SMILES string of the molecule is CNCc1cc(S(=O)(=O)NC2(C)CCCCC2)c[nH]1. The third-order valence-corrected chi connectivity index (χ3v) is 5.35. The lowest BCUT2D eigenvalue weighted by atomic mass is 9.84. The molecule has 0 unspecified atom stereocenters. The maximum atomic E-state index is 12.4. The highest BCUT2D eigenvalue weighted by Crippen LogP contribution is 2.29. The van der Waals surface area contributed by atoms with Crippen LogP contribution in [0.1, 0.15) is 44.7 Å². The van der Waals surface area contributed by atoms with E-state index in [2.05, 4.69) is 15.0 Å². The molecule has 0 aromatic carbocycles. The van der Waals surface area contributed by atoms with Crippen molar-refractivity contribution in [3.8, 4) is 0 Å². The predicted molar refractivity (Wildman–Crippen MR) is 75.4 cm³/mol. The first-order chi connectivity index (χ1) is 8.95. The molecule has 1 saturated carbocycles. The predicted octanol–water partition coefficient (Wildman–Crippen LogP) is 1.74. The zero-order valence-corrected chi connectivity index (χ0v) is 12.4. The first kappa shape index (κ1) is 14.6. The summed E-state index contributed by atoms with van der Waals surface area (Å²) in [7, 11) is -1.60. The molecule has 0 bridgehead atoms. The number of aromatic amines is 1. The first-order valence-corrected chi connectivity index (χ1v) is 8.29. The molecule has 5 nitrogen and oxygen atoms in total. The number of hydrogen-bond acceptors (Lipinski definition) is 3. The van der Waals surface area contributed by atoms with E-state index in [1.54, 1.807) is 12.3 Å². The number of hydrogen-bond donors (Lipinski definition) is 3. The lowest BCUT2D eigenvalue weighted by Gasteiger charge is -2.33. The van der Waals surface area contributed by atoms with Gasteiger partial charge in [0, 0.05) is 24.0 Å². The molecule has 1 aliphatic carbocycles. The molecule has 0 amide bonds. The van der Waals surface area contributed by atoms with E-state index >= 15 is 0 Å². The maximum absolute atomic E-state index is 12.4. The van der Waals surface area contributed by atoms with E-state index in [1.807, 2.05) is 14.0 Å². The fourth-order valence-electron chi connectivity index (χ4n) is 2.68. The van der Waals surface area contributed by atoms with E-state index in [0.717, 1.165) is 31.4 Å². The van der Waals surface area contributed by atoms with Gasteiger partial charge in [-0.1, -0.05) is 19.3 Å². The lowest BCUT2D eigenvalue weighted by Crippen LogP contribution is -2.46. The van der Waals surface area contributed by atoms with Crippen molar-refractivity contribution in [2.45, 2.75) is 56.0 Å². The number of nitrogens with one attached hydrogen (secondary N) is 3. The molecule has 1 aromatic rings. The topological polar surface area (TPSA) is 74.0 Å². The van der Waals surface area contributed by atoms with Gasteiger partial charge in [0.15, 0.2) is 0 Å². The molecule has 0 atom stereocenters. The van der Waals surface area contributed by atoms with Gasteiger partial charge in [0.1, 0.15) is 0 Å². The number of sulfonamides is 1. The highest BCUT2D eigenvalue weighted by atomic mass is 32.2. The molecule has 6 heteroatoms. The Bertz CT molecular complexity index is 516. The Morgan fingerprint density at radius 2 is 2.00 bits per heavy atom. The van der Waals surface area contributed by atoms with Crippen LogP contribution in [0.2, 0.25) is 0 Å². The molecular weight excluding hydrogens is 262 g/mol. The van der Waals surface area contributed by atoms with Crippen LogP contribution in [0.4, 0.5) is 0 Å². The molecular formula is C13H23N3O2S. The lowest BCUT2D eigenvalue weighted by molar-refractivity contribution is 0.294. The van der Waals surface area contributed by atoms with Gasteiger partial charge in [-0.3, -0.25) is 0 Å². The molecule has 108 valence electrons. The summed E-state index contributed by atoms with van der Waals surface area (Å²) in [5.41, 5.74) is 0.578. The smallest absolute Gasteiger partial charge is 0.242 e. The molecule has 2 rings (SSSR count). The van der Waals surface area contributed by atoms with Gasteiger partial charge in [-0.25, -0.2) is 13.1 Å². The van der Waals surface area contributed by atoms with Crippen LogP contribution in [0.15, 0.2) is 17.2 Å². The summed E-state index contributed by atoms with van der Waals surface area (Å²) in [6.07, 6.45) is 6.78. The molecule has 3 N–H and O–H groups in total. The number of rotatable bonds is 5. The van der Waals surface area contributed by atoms with E-state index < -0.39 is 10.0 Å². The van der Waals surface area contributed by atoms with Gasteiger partial charge in [0.05, 0.1) is 4.90 Å². The fraction of sp³-hybridized carbons (Fsp3) is 0.692. The summed E-state index contributed by atoms with van der Waals surface area (Å²) >= 11 is 0. The van der Waals surface area contributed by atoms with Gasteiger partial charge in [0.2, 0.25) is 10.0 Å². The van der Waals surface area contributed by atoms with Crippen molar-refractivity contribution >= 4 is 10.0 Å². The molecule has 0 aliphatic heterocycles. The molecule has 0 spiro atoms. The normalized spacial score (nSPS) is 19.5. The van der Waals surface area contributed by atoms with Crippen molar-refractivity contribution < 1.29 is 8.42 Å². The molecule has 1 fully saturated rings. The third-order valence-electron chi connectivity index (χ3n) is 3.73.